The number of benzene rings is 12. The van der Waals surface area contributed by atoms with Crippen molar-refractivity contribution in [1.29, 1.82) is 0 Å². The number of rotatable bonds is 0. The van der Waals surface area contributed by atoms with Crippen LogP contribution in [0.2, 0.25) is 0 Å². The van der Waals surface area contributed by atoms with Crippen LogP contribution in [0.15, 0.2) is 160 Å². The Kier molecular flexibility index (Phi) is 6.33. The number of fused-ring (bicyclic) bond motifs is 25. The van der Waals surface area contributed by atoms with Crippen molar-refractivity contribution >= 4 is 152 Å². The van der Waals surface area contributed by atoms with Crippen LogP contribution in [-0.4, -0.2) is 15.0 Å². The molecule has 0 saturated carbocycles. The van der Waals surface area contributed by atoms with Crippen molar-refractivity contribution in [2.75, 3.05) is 0 Å². The standard InChI is InChI=1S/C56H23N3O8/c60-49-21-9-1-3-11-23(21)51(62)35-31(49)19-17-29-33-37-38-34-30-18-20-32-36(52(63)24-12-4-2-10-22(24)50(32)61)44(30)58-46(34)40-42(56(67)28-16-8-6-14-26(28)54(40)65)48(38)59-47(37)41-39(45(33)57-43(29)35)53(64)25-13-5-7-15-27(25)55(41)66/h1-20,57-59H. The Labute approximate surface area is 368 Å². The van der Waals surface area contributed by atoms with Gasteiger partial charge in [-0.25, -0.2) is 0 Å². The first kappa shape index (κ1) is 35.9. The van der Waals surface area contributed by atoms with Crippen LogP contribution in [0.25, 0.3) is 152 Å². The van der Waals surface area contributed by atoms with Gasteiger partial charge in [-0.15, -0.1) is 0 Å². The summed E-state index contributed by atoms with van der Waals surface area (Å²) in [7, 11) is 0. The van der Waals surface area contributed by atoms with Gasteiger partial charge in [-0.05, 0) is 12.1 Å². The lowest BCUT2D eigenvalue weighted by Crippen LogP contribution is -2.14. The molecular formula is C56H23N3O8. The minimum absolute atomic E-state index is 0.0158. The molecule has 0 aliphatic rings. The highest BCUT2D eigenvalue weighted by Crippen LogP contribution is 2.48. The molecule has 0 unspecified atom stereocenters. The zero-order valence-corrected chi connectivity index (χ0v) is 34.3. The molecule has 67 heavy (non-hydrogen) atoms. The molecule has 0 saturated heterocycles. The van der Waals surface area contributed by atoms with Gasteiger partial charge in [0, 0.05) is 86.2 Å². The first-order chi connectivity index (χ1) is 32.6. The van der Waals surface area contributed by atoms with E-state index in [2.05, 4.69) is 15.0 Å². The third-order valence-electron chi connectivity index (χ3n) is 14.5. The monoisotopic (exact) mass is 865 g/mol. The highest BCUT2D eigenvalue weighted by atomic mass is 16.1. The minimum Gasteiger partial charge on any atom is -0.353 e. The second-order valence-corrected chi connectivity index (χ2v) is 17.5. The average molecular weight is 866 g/mol. The fraction of sp³-hybridized carbons (Fsp3) is 0. The van der Waals surface area contributed by atoms with E-state index < -0.39 is 32.6 Å². The van der Waals surface area contributed by atoms with Gasteiger partial charge in [-0.1, -0.05) is 109 Å². The van der Waals surface area contributed by atoms with Crippen molar-refractivity contribution in [3.8, 4) is 0 Å². The summed E-state index contributed by atoms with van der Waals surface area (Å²) in [5.74, 6) is 0. The van der Waals surface area contributed by atoms with E-state index in [0.29, 0.717) is 32.3 Å². The van der Waals surface area contributed by atoms with Crippen LogP contribution >= 0.6 is 0 Å². The maximum Gasteiger partial charge on any atom is 0.196 e. The summed E-state index contributed by atoms with van der Waals surface area (Å²) < 4.78 is 0. The van der Waals surface area contributed by atoms with Crippen LogP contribution in [0.5, 0.6) is 0 Å². The molecule has 0 atom stereocenters. The molecule has 3 N–H and O–H groups in total. The molecule has 0 spiro atoms. The molecule has 0 aliphatic heterocycles. The molecule has 0 fully saturated rings. The summed E-state index contributed by atoms with van der Waals surface area (Å²) in [6.45, 7) is 0. The van der Waals surface area contributed by atoms with E-state index in [1.54, 1.807) is 121 Å². The van der Waals surface area contributed by atoms with Gasteiger partial charge in [-0.3, -0.25) is 38.4 Å². The largest absolute Gasteiger partial charge is 0.353 e. The van der Waals surface area contributed by atoms with Crippen molar-refractivity contribution in [2.45, 2.75) is 0 Å². The number of aromatic amines is 3. The lowest BCUT2D eigenvalue weighted by atomic mass is 9.92. The maximum absolute atomic E-state index is 15.1. The molecule has 0 amide bonds. The zero-order valence-electron chi connectivity index (χ0n) is 34.3. The highest BCUT2D eigenvalue weighted by molar-refractivity contribution is 6.46. The Hall–Kier alpha value is -9.48. The molecule has 310 valence electrons. The van der Waals surface area contributed by atoms with E-state index in [0.717, 1.165) is 0 Å². The molecular weight excluding hydrogens is 843 g/mol. The third-order valence-corrected chi connectivity index (χ3v) is 14.5. The van der Waals surface area contributed by atoms with Gasteiger partial charge in [-0.2, -0.15) is 0 Å². The van der Waals surface area contributed by atoms with E-state index >= 15 is 9.59 Å². The predicted octanol–water partition coefficient (Wildman–Crippen LogP) is 8.45. The first-order valence-corrected chi connectivity index (χ1v) is 21.5. The van der Waals surface area contributed by atoms with Gasteiger partial charge in [0.15, 0.2) is 43.4 Å². The molecule has 3 aromatic heterocycles. The Morgan fingerprint density at radius 1 is 0.179 bits per heavy atom. The van der Waals surface area contributed by atoms with Gasteiger partial charge in [0.05, 0.1) is 65.4 Å². The number of aromatic nitrogens is 3. The topological polar surface area (TPSA) is 184 Å². The number of hydrogen-bond donors (Lipinski definition) is 3. The molecule has 0 bridgehead atoms. The van der Waals surface area contributed by atoms with Crippen LogP contribution in [0.4, 0.5) is 0 Å². The van der Waals surface area contributed by atoms with Crippen LogP contribution in [0.1, 0.15) is 0 Å². The third kappa shape index (κ3) is 4.02. The van der Waals surface area contributed by atoms with Crippen LogP contribution in [-0.2, 0) is 0 Å². The van der Waals surface area contributed by atoms with Gasteiger partial charge < -0.3 is 15.0 Å². The van der Waals surface area contributed by atoms with Crippen molar-refractivity contribution < 1.29 is 0 Å². The van der Waals surface area contributed by atoms with Gasteiger partial charge in [0.2, 0.25) is 0 Å². The van der Waals surface area contributed by atoms with E-state index in [1.165, 1.54) is 0 Å². The molecule has 0 radical (unpaired) electrons. The lowest BCUT2D eigenvalue weighted by Gasteiger charge is -2.07. The fourth-order valence-electron chi connectivity index (χ4n) is 11.7. The van der Waals surface area contributed by atoms with E-state index in [4.69, 9.17) is 0 Å². The Morgan fingerprint density at radius 3 is 0.701 bits per heavy atom. The zero-order chi connectivity index (χ0) is 45.0. The van der Waals surface area contributed by atoms with Gasteiger partial charge in [0.1, 0.15) is 0 Å². The van der Waals surface area contributed by atoms with Gasteiger partial charge >= 0.3 is 0 Å². The minimum atomic E-state index is -0.474. The van der Waals surface area contributed by atoms with Crippen molar-refractivity contribution in [2.24, 2.45) is 0 Å². The second-order valence-electron chi connectivity index (χ2n) is 17.5. The van der Waals surface area contributed by atoms with Crippen molar-refractivity contribution in [3.05, 3.63) is 203 Å². The molecule has 15 aromatic rings. The number of nitrogens with one attached hydrogen (secondary N) is 3. The number of hydrogen-bond acceptors (Lipinski definition) is 8. The summed E-state index contributed by atoms with van der Waals surface area (Å²) in [5.41, 5.74) is -1.95. The van der Waals surface area contributed by atoms with Gasteiger partial charge in [0.25, 0.3) is 0 Å². The van der Waals surface area contributed by atoms with Crippen molar-refractivity contribution in [3.63, 3.8) is 0 Å². The first-order valence-electron chi connectivity index (χ1n) is 21.5. The van der Waals surface area contributed by atoms with Crippen LogP contribution < -0.4 is 43.4 Å². The summed E-state index contributed by atoms with van der Waals surface area (Å²) in [6, 6.07) is 32.8. The van der Waals surface area contributed by atoms with Crippen LogP contribution in [0.3, 0.4) is 0 Å². The van der Waals surface area contributed by atoms with Crippen molar-refractivity contribution in [1.82, 2.24) is 15.0 Å². The second kappa shape index (κ2) is 11.8. The smallest absolute Gasteiger partial charge is 0.196 e. The molecule has 11 heteroatoms. The van der Waals surface area contributed by atoms with E-state index in [1.807, 2.05) is 0 Å². The summed E-state index contributed by atoms with van der Waals surface area (Å²) in [4.78, 5) is 128. The molecule has 3 heterocycles. The lowest BCUT2D eigenvalue weighted by molar-refractivity contribution is 1.54. The Bertz CT molecular complexity index is 5130. The maximum atomic E-state index is 15.1. The predicted molar refractivity (Wildman–Crippen MR) is 269 cm³/mol. The summed E-state index contributed by atoms with van der Waals surface area (Å²) in [6.07, 6.45) is 0. The van der Waals surface area contributed by atoms with E-state index in [9.17, 15) is 28.8 Å². The molecule has 0 aliphatic carbocycles. The molecule has 11 nitrogen and oxygen atoms in total. The average Bonchev–Trinajstić information content (AvgIpc) is 4.06. The highest BCUT2D eigenvalue weighted by Gasteiger charge is 2.30. The summed E-state index contributed by atoms with van der Waals surface area (Å²) >= 11 is 0. The Balaban J connectivity index is 1.31. The fourth-order valence-corrected chi connectivity index (χ4v) is 11.7. The molecule has 15 rings (SSSR count). The van der Waals surface area contributed by atoms with Crippen LogP contribution in [0, 0.1) is 0 Å². The Morgan fingerprint density at radius 2 is 0.403 bits per heavy atom. The summed E-state index contributed by atoms with van der Waals surface area (Å²) in [5, 5.41) is 4.84. The quantitative estimate of drug-likeness (QED) is 0.127. The van der Waals surface area contributed by atoms with E-state index in [-0.39, 0.29) is 130 Å². The molecule has 12 aromatic carbocycles. The SMILES string of the molecule is O=c1c2ccccc2c(=O)c2c1ccc1c2[nH]c2c3c(=O)c4ccccc4c(=O)c3c3[nH]c4c5c(=O)c6ccccc6c(=O)c5c5[nH]c6c(ccc7c(=O)c8ccccc8c(=O)c76)c5c4c3c12. The normalized spacial score (nSPS) is 12.7. The number of H-pyrrole nitrogens is 3.